The molecule has 0 aromatic carbocycles. The molecule has 11 heavy (non-hydrogen) atoms. The van der Waals surface area contributed by atoms with Crippen molar-refractivity contribution in [2.45, 2.75) is 12.8 Å². The van der Waals surface area contributed by atoms with Crippen LogP contribution in [0.4, 0.5) is 0 Å². The molecule has 0 aliphatic carbocycles. The second-order valence-corrected chi connectivity index (χ2v) is 2.77. The average Bonchev–Trinajstić information content (AvgIpc) is 1.78. The maximum atomic E-state index is 9.87. The van der Waals surface area contributed by atoms with Crippen LogP contribution in [0, 0.1) is 0 Å². The quantitative estimate of drug-likeness (QED) is 0.403. The lowest BCUT2D eigenvalue weighted by atomic mass is 10.3. The van der Waals surface area contributed by atoms with Crippen LogP contribution in [-0.2, 0) is 14.6 Å². The molecule has 5 N–H and O–H groups in total. The van der Waals surface area contributed by atoms with E-state index in [1.165, 1.54) is 0 Å². The number of rotatable bonds is 5. The van der Waals surface area contributed by atoms with E-state index in [0.717, 1.165) is 0 Å². The number of hydrogen-bond acceptors (Lipinski definition) is 5. The van der Waals surface area contributed by atoms with Crippen molar-refractivity contribution in [3.05, 3.63) is 0 Å². The van der Waals surface area contributed by atoms with E-state index in [1.807, 2.05) is 0 Å². The largest absolute Gasteiger partial charge is 0.397 e. The molecule has 0 aromatic heterocycles. The molecule has 0 bridgehead atoms. The Balaban J connectivity index is 0. The van der Waals surface area contributed by atoms with Crippen LogP contribution in [0.3, 0.4) is 0 Å². The van der Waals surface area contributed by atoms with Gasteiger partial charge in [0.2, 0.25) is 0 Å². The molecule has 0 heterocycles. The molecule has 0 atom stereocenters. The van der Waals surface area contributed by atoms with Crippen LogP contribution < -0.4 is 6.15 Å². The Hall–Kier alpha value is -0.210. The number of aliphatic hydroxyl groups is 1. The summed E-state index contributed by atoms with van der Waals surface area (Å²) in [6, 6.07) is 0. The first-order valence-electron chi connectivity index (χ1n) is 2.79. The fourth-order valence-corrected chi connectivity index (χ4v) is 0.707. The summed E-state index contributed by atoms with van der Waals surface area (Å²) in [7, 11) is -4.29. The third-order valence-electron chi connectivity index (χ3n) is 0.785. The van der Waals surface area contributed by atoms with E-state index in [9.17, 15) is 8.42 Å². The second-order valence-electron chi connectivity index (χ2n) is 1.68. The molecular formula is C4H13NO5S. The van der Waals surface area contributed by atoms with Gasteiger partial charge in [0.15, 0.2) is 0 Å². The summed E-state index contributed by atoms with van der Waals surface area (Å²) in [5.74, 6) is 0. The molecule has 0 spiro atoms. The molecule has 6 nitrogen and oxygen atoms in total. The second kappa shape index (κ2) is 6.50. The molecule has 7 heteroatoms. The van der Waals surface area contributed by atoms with Crippen LogP contribution in [0.5, 0.6) is 0 Å². The standard InChI is InChI=1S/C4H10O5S.H3N/c5-3-1-2-4-9-10(6,7)8;/h5H,1-4H2,(H,6,7,8);1H3. The SMILES string of the molecule is N.O=S(=O)(O)OCCCCO. The smallest absolute Gasteiger partial charge is 0.396 e. The summed E-state index contributed by atoms with van der Waals surface area (Å²) in [4.78, 5) is 0. The van der Waals surface area contributed by atoms with Gasteiger partial charge in [-0.15, -0.1) is 0 Å². The fourth-order valence-electron chi connectivity index (χ4n) is 0.378. The summed E-state index contributed by atoms with van der Waals surface area (Å²) in [5.41, 5.74) is 0. The van der Waals surface area contributed by atoms with Gasteiger partial charge in [0.25, 0.3) is 0 Å². The molecular weight excluding hydrogens is 174 g/mol. The zero-order chi connectivity index (χ0) is 8.04. The van der Waals surface area contributed by atoms with E-state index in [1.54, 1.807) is 0 Å². The average molecular weight is 187 g/mol. The highest BCUT2D eigenvalue weighted by Crippen LogP contribution is 1.92. The summed E-state index contributed by atoms with van der Waals surface area (Å²) >= 11 is 0. The number of unbranched alkanes of at least 4 members (excludes halogenated alkanes) is 1. The van der Waals surface area contributed by atoms with Crippen LogP contribution in [0.15, 0.2) is 0 Å². The van der Waals surface area contributed by atoms with Crippen LogP contribution in [-0.4, -0.2) is 31.3 Å². The van der Waals surface area contributed by atoms with E-state index < -0.39 is 10.4 Å². The van der Waals surface area contributed by atoms with Gasteiger partial charge >= 0.3 is 10.4 Å². The van der Waals surface area contributed by atoms with Crippen molar-refractivity contribution in [1.29, 1.82) is 0 Å². The normalized spacial score (nSPS) is 10.7. The van der Waals surface area contributed by atoms with Crippen molar-refractivity contribution in [3.63, 3.8) is 0 Å². The van der Waals surface area contributed by atoms with Crippen molar-refractivity contribution < 1.29 is 22.3 Å². The molecule has 0 radical (unpaired) electrons. The Bertz CT molecular complexity index is 165. The predicted octanol–water partition coefficient (Wildman–Crippen LogP) is -0.260. The molecule has 0 aliphatic rings. The Morgan fingerprint density at radius 1 is 1.27 bits per heavy atom. The fraction of sp³-hybridized carbons (Fsp3) is 1.00. The first-order chi connectivity index (χ1) is 4.56. The lowest BCUT2D eigenvalue weighted by molar-refractivity contribution is 0.236. The monoisotopic (exact) mass is 187 g/mol. The lowest BCUT2D eigenvalue weighted by Crippen LogP contribution is -2.05. The highest BCUT2D eigenvalue weighted by atomic mass is 32.3. The minimum atomic E-state index is -4.29. The number of hydrogen-bond donors (Lipinski definition) is 3. The highest BCUT2D eigenvalue weighted by Gasteiger charge is 2.01. The van der Waals surface area contributed by atoms with Gasteiger partial charge in [0.1, 0.15) is 0 Å². The summed E-state index contributed by atoms with van der Waals surface area (Å²) in [6.45, 7) is -0.0891. The summed E-state index contributed by atoms with van der Waals surface area (Å²) in [6.07, 6.45) is 0.881. The van der Waals surface area contributed by atoms with Crippen molar-refractivity contribution in [2.75, 3.05) is 13.2 Å². The molecule has 0 unspecified atom stereocenters. The summed E-state index contributed by atoms with van der Waals surface area (Å²) < 4.78 is 31.7. The summed E-state index contributed by atoms with van der Waals surface area (Å²) in [5, 5.41) is 8.23. The van der Waals surface area contributed by atoms with Crippen LogP contribution in [0.2, 0.25) is 0 Å². The van der Waals surface area contributed by atoms with Crippen LogP contribution >= 0.6 is 0 Å². The first kappa shape index (κ1) is 13.4. The van der Waals surface area contributed by atoms with Crippen molar-refractivity contribution in [2.24, 2.45) is 0 Å². The molecule has 0 aliphatic heterocycles. The van der Waals surface area contributed by atoms with Gasteiger partial charge < -0.3 is 11.3 Å². The van der Waals surface area contributed by atoms with E-state index in [0.29, 0.717) is 12.8 Å². The minimum Gasteiger partial charge on any atom is -0.396 e. The van der Waals surface area contributed by atoms with E-state index in [2.05, 4.69) is 4.18 Å². The van der Waals surface area contributed by atoms with Gasteiger partial charge in [-0.2, -0.15) is 8.42 Å². The van der Waals surface area contributed by atoms with Gasteiger partial charge in [-0.05, 0) is 12.8 Å². The molecule has 0 rings (SSSR count). The molecule has 0 saturated heterocycles. The van der Waals surface area contributed by atoms with E-state index in [4.69, 9.17) is 9.66 Å². The maximum absolute atomic E-state index is 9.87. The highest BCUT2D eigenvalue weighted by molar-refractivity contribution is 7.80. The van der Waals surface area contributed by atoms with Crippen LogP contribution in [0.1, 0.15) is 12.8 Å². The third kappa shape index (κ3) is 12.9. The van der Waals surface area contributed by atoms with Crippen molar-refractivity contribution in [3.8, 4) is 0 Å². The van der Waals surface area contributed by atoms with Gasteiger partial charge in [-0.3, -0.25) is 4.55 Å². The Morgan fingerprint density at radius 2 is 1.82 bits per heavy atom. The first-order valence-corrected chi connectivity index (χ1v) is 4.15. The van der Waals surface area contributed by atoms with Crippen molar-refractivity contribution >= 4 is 10.4 Å². The van der Waals surface area contributed by atoms with Gasteiger partial charge in [0, 0.05) is 6.61 Å². The van der Waals surface area contributed by atoms with Gasteiger partial charge in [-0.1, -0.05) is 0 Å². The minimum absolute atomic E-state index is 0. The zero-order valence-electron chi connectivity index (χ0n) is 6.06. The van der Waals surface area contributed by atoms with E-state index >= 15 is 0 Å². The third-order valence-corrected chi connectivity index (χ3v) is 1.25. The Morgan fingerprint density at radius 3 is 2.18 bits per heavy atom. The predicted molar refractivity (Wildman–Crippen MR) is 38.8 cm³/mol. The maximum Gasteiger partial charge on any atom is 0.397 e. The lowest BCUT2D eigenvalue weighted by Gasteiger charge is -1.96. The molecule has 70 valence electrons. The van der Waals surface area contributed by atoms with E-state index in [-0.39, 0.29) is 19.4 Å². The number of aliphatic hydroxyl groups excluding tert-OH is 1. The Labute approximate surface area is 65.7 Å². The molecule has 0 saturated carbocycles. The Kier molecular flexibility index (Phi) is 7.91. The van der Waals surface area contributed by atoms with Crippen molar-refractivity contribution in [1.82, 2.24) is 6.15 Å². The topological polar surface area (TPSA) is 119 Å². The van der Waals surface area contributed by atoms with Gasteiger partial charge in [0.05, 0.1) is 6.61 Å². The zero-order valence-corrected chi connectivity index (χ0v) is 6.88. The molecule has 0 amide bonds. The molecule has 0 aromatic rings. The van der Waals surface area contributed by atoms with Gasteiger partial charge in [-0.25, -0.2) is 4.18 Å². The van der Waals surface area contributed by atoms with Crippen LogP contribution in [0.25, 0.3) is 0 Å². The molecule has 0 fully saturated rings.